The van der Waals surface area contributed by atoms with Gasteiger partial charge in [-0.25, -0.2) is 4.79 Å². The number of carbonyl (C=O) groups excluding carboxylic acids is 2. The molecule has 4 N–H and O–H groups in total. The number of benzene rings is 3. The van der Waals surface area contributed by atoms with Gasteiger partial charge in [-0.05, 0) is 85.4 Å². The predicted molar refractivity (Wildman–Crippen MR) is 287 cm³/mol. The van der Waals surface area contributed by atoms with Crippen LogP contribution in [0.4, 0.5) is 10.5 Å². The van der Waals surface area contributed by atoms with Crippen molar-refractivity contribution >= 4 is 23.4 Å². The van der Waals surface area contributed by atoms with Crippen molar-refractivity contribution < 1.29 is 58.2 Å². The summed E-state index contributed by atoms with van der Waals surface area (Å²) in [4.78, 5) is 37.0. The van der Waals surface area contributed by atoms with E-state index in [1.165, 1.54) is 39.2 Å². The number of methoxy groups -OCH3 is 2. The van der Waals surface area contributed by atoms with Crippen LogP contribution in [0, 0.1) is 17.8 Å². The molecule has 1 fully saturated rings. The van der Waals surface area contributed by atoms with Crippen molar-refractivity contribution in [3.8, 4) is 23.0 Å². The summed E-state index contributed by atoms with van der Waals surface area (Å²) in [5.74, 6) is -0.772. The molecule has 0 aromatic heterocycles. The molecule has 3 aromatic carbocycles. The number of oxime groups is 1. The van der Waals surface area contributed by atoms with Gasteiger partial charge >= 0.3 is 6.09 Å². The summed E-state index contributed by atoms with van der Waals surface area (Å²) >= 11 is 0. The van der Waals surface area contributed by atoms with Crippen LogP contribution >= 0.6 is 0 Å². The predicted octanol–water partition coefficient (Wildman–Crippen LogP) is 10.9. The summed E-state index contributed by atoms with van der Waals surface area (Å²) in [5.41, 5.74) is 3.71. The number of nitrogens with one attached hydrogen (secondary N) is 1. The van der Waals surface area contributed by atoms with Crippen LogP contribution in [0.1, 0.15) is 133 Å². The average molecular weight is 1030 g/mol. The minimum Gasteiger partial charge on any atom is -0.497 e. The summed E-state index contributed by atoms with van der Waals surface area (Å²) in [6.07, 6.45) is 18.1. The summed E-state index contributed by atoms with van der Waals surface area (Å²) in [5, 5.41) is 37.6. The fourth-order valence-corrected chi connectivity index (χ4v) is 11.1. The molecule has 1 aliphatic heterocycles. The first-order chi connectivity index (χ1) is 36.2. The van der Waals surface area contributed by atoms with Crippen LogP contribution in [0.2, 0.25) is 0 Å². The molecule has 15 heteroatoms. The minimum absolute atomic E-state index is 0.0120. The van der Waals surface area contributed by atoms with Crippen LogP contribution in [0.25, 0.3) is 0 Å². The molecule has 3 aliphatic rings. The van der Waals surface area contributed by atoms with Crippen molar-refractivity contribution in [2.45, 2.75) is 140 Å². The van der Waals surface area contributed by atoms with Crippen LogP contribution in [0.15, 0.2) is 96.2 Å². The maximum atomic E-state index is 15.1. The SMILES string of the molecule is C=CCOC12Oc3ccc(OC(=O)Nc4ccc(OC)cc4OC)cc3C3C(CCCCO)C(CCCCO)C=C(C(=NOCc4ccccc4)CC1N(CCOCCO)C(=O)CCCCCCCCCCC)C32. The Bertz CT molecular complexity index is 2260. The quantitative estimate of drug-likeness (QED) is 0.0252. The standard InChI is InChI=1S/C59H83N3O12/c1-5-7-8-9-10-11-12-13-17-26-55(66)62(31-36-70-37-34-65)54-41-51(61-72-42-43-22-15-14-16-23-43)48-38-44(24-18-20-32-63)47(25-19-21-33-64)56-49-39-46(28-30-52(49)74-59(54,57(48)56)71-35-6-2)73-58(67)60-50-29-27-45(68-3)40-53(50)69-4/h6,14-16,22-23,27-30,38-40,44,47,54,56-57,63-65H,2,5,7-13,17-21,24-26,31-37,41-42H2,1,3-4H3,(H,60,67). The van der Waals surface area contributed by atoms with Crippen LogP contribution in [-0.2, 0) is 25.7 Å². The molecule has 2 amide bonds. The number of aliphatic hydroxyl groups is 3. The lowest BCUT2D eigenvalue weighted by Gasteiger charge is -2.60. The zero-order chi connectivity index (χ0) is 52.5. The molecule has 1 heterocycles. The van der Waals surface area contributed by atoms with Crippen LogP contribution in [-0.4, -0.2) is 110 Å². The molecule has 0 spiro atoms. The van der Waals surface area contributed by atoms with Crippen molar-refractivity contribution in [3.63, 3.8) is 0 Å². The zero-order valence-electron chi connectivity index (χ0n) is 44.2. The third-order valence-corrected chi connectivity index (χ3v) is 14.7. The second-order valence-electron chi connectivity index (χ2n) is 19.6. The van der Waals surface area contributed by atoms with E-state index in [9.17, 15) is 20.1 Å². The van der Waals surface area contributed by atoms with E-state index in [-0.39, 0.29) is 88.6 Å². The first kappa shape index (κ1) is 57.8. The van der Waals surface area contributed by atoms with E-state index in [0.29, 0.717) is 47.9 Å². The highest BCUT2D eigenvalue weighted by Crippen LogP contribution is 2.62. The Morgan fingerprint density at radius 3 is 2.27 bits per heavy atom. The largest absolute Gasteiger partial charge is 0.497 e. The van der Waals surface area contributed by atoms with Gasteiger partial charge in [0.2, 0.25) is 11.7 Å². The topological polar surface area (TPSA) is 187 Å². The van der Waals surface area contributed by atoms with Gasteiger partial charge in [0.1, 0.15) is 35.6 Å². The van der Waals surface area contributed by atoms with Crippen LogP contribution < -0.4 is 24.3 Å². The molecule has 0 radical (unpaired) electrons. The number of unbranched alkanes of at least 4 members (excludes halogenated alkanes) is 10. The van der Waals surface area contributed by atoms with Gasteiger partial charge in [0.05, 0.1) is 58.0 Å². The Kier molecular flexibility index (Phi) is 24.1. The van der Waals surface area contributed by atoms with Gasteiger partial charge in [0.25, 0.3) is 0 Å². The van der Waals surface area contributed by atoms with Crippen molar-refractivity contribution in [3.05, 3.63) is 102 Å². The Morgan fingerprint density at radius 2 is 1.57 bits per heavy atom. The van der Waals surface area contributed by atoms with E-state index in [0.717, 1.165) is 68.1 Å². The van der Waals surface area contributed by atoms with E-state index < -0.39 is 23.8 Å². The fourth-order valence-electron chi connectivity index (χ4n) is 11.1. The number of rotatable bonds is 34. The molecule has 6 atom stereocenters. The number of allylic oxidation sites excluding steroid dienone is 1. The van der Waals surface area contributed by atoms with Gasteiger partial charge in [-0.2, -0.15) is 0 Å². The van der Waals surface area contributed by atoms with E-state index in [4.69, 9.17) is 38.4 Å². The highest BCUT2D eigenvalue weighted by atomic mass is 16.7. The third-order valence-electron chi connectivity index (χ3n) is 14.7. The third kappa shape index (κ3) is 15.6. The normalized spacial score (nSPS) is 21.1. The molecular weight excluding hydrogens is 943 g/mol. The Hall–Kier alpha value is -5.45. The van der Waals surface area contributed by atoms with E-state index >= 15 is 4.79 Å². The summed E-state index contributed by atoms with van der Waals surface area (Å²) < 4.78 is 37.5. The molecule has 0 bridgehead atoms. The van der Waals surface area contributed by atoms with Crippen molar-refractivity contribution in [2.24, 2.45) is 22.9 Å². The molecule has 74 heavy (non-hydrogen) atoms. The Balaban J connectivity index is 1.48. The fraction of sp³-hybridized carbons (Fsp3) is 0.576. The number of amides is 2. The number of carbonyl (C=O) groups is 2. The molecule has 406 valence electrons. The summed E-state index contributed by atoms with van der Waals surface area (Å²) in [6.45, 7) is 7.07. The lowest BCUT2D eigenvalue weighted by atomic mass is 9.55. The summed E-state index contributed by atoms with van der Waals surface area (Å²) in [7, 11) is 3.06. The highest BCUT2D eigenvalue weighted by molar-refractivity contribution is 6.03. The van der Waals surface area contributed by atoms with Gasteiger partial charge in [-0.3, -0.25) is 10.1 Å². The highest BCUT2D eigenvalue weighted by Gasteiger charge is 2.65. The van der Waals surface area contributed by atoms with Gasteiger partial charge in [-0.15, -0.1) is 6.58 Å². The lowest BCUT2D eigenvalue weighted by Crippen LogP contribution is -2.70. The zero-order valence-corrected chi connectivity index (χ0v) is 44.2. The smallest absolute Gasteiger partial charge is 0.417 e. The van der Waals surface area contributed by atoms with Gasteiger partial charge < -0.3 is 53.5 Å². The van der Waals surface area contributed by atoms with E-state index in [1.807, 2.05) is 47.4 Å². The van der Waals surface area contributed by atoms with Gasteiger partial charge in [0.15, 0.2) is 0 Å². The minimum atomic E-state index is -1.49. The number of ether oxygens (including phenoxy) is 6. The van der Waals surface area contributed by atoms with Gasteiger partial charge in [0, 0.05) is 50.1 Å². The second-order valence-corrected chi connectivity index (χ2v) is 19.6. The molecular formula is C59H83N3O12. The number of nitrogens with zero attached hydrogens (tertiary/aromatic N) is 2. The molecule has 6 rings (SSSR count). The molecule has 15 nitrogen and oxygen atoms in total. The molecule has 2 aliphatic carbocycles. The van der Waals surface area contributed by atoms with Crippen molar-refractivity contribution in [1.82, 2.24) is 4.90 Å². The van der Waals surface area contributed by atoms with Crippen LogP contribution in [0.3, 0.4) is 0 Å². The number of hydrogen-bond donors (Lipinski definition) is 4. The first-order valence-electron chi connectivity index (χ1n) is 27.2. The van der Waals surface area contributed by atoms with E-state index in [2.05, 4.69) is 24.9 Å². The molecule has 1 saturated carbocycles. The number of fused-ring (bicyclic) bond motifs is 2. The van der Waals surface area contributed by atoms with Crippen LogP contribution in [0.5, 0.6) is 23.0 Å². The maximum absolute atomic E-state index is 15.1. The molecule has 3 aromatic rings. The molecule has 0 saturated heterocycles. The van der Waals surface area contributed by atoms with E-state index in [1.54, 1.807) is 37.5 Å². The maximum Gasteiger partial charge on any atom is 0.417 e. The lowest BCUT2D eigenvalue weighted by molar-refractivity contribution is -0.258. The molecule has 6 unspecified atom stereocenters. The van der Waals surface area contributed by atoms with Crippen molar-refractivity contribution in [1.29, 1.82) is 0 Å². The number of aliphatic hydroxyl groups excluding tert-OH is 3. The first-order valence-corrected chi connectivity index (χ1v) is 27.2. The second kappa shape index (κ2) is 30.8. The Labute approximate surface area is 439 Å². The summed E-state index contributed by atoms with van der Waals surface area (Å²) in [6, 6.07) is 19.5. The van der Waals surface area contributed by atoms with Gasteiger partial charge in [-0.1, -0.05) is 119 Å². The number of hydrogen-bond acceptors (Lipinski definition) is 13. The van der Waals surface area contributed by atoms with Crippen molar-refractivity contribution in [2.75, 3.05) is 65.7 Å². The Morgan fingerprint density at radius 1 is 0.838 bits per heavy atom. The monoisotopic (exact) mass is 1030 g/mol. The number of anilines is 1. The average Bonchev–Trinajstić information content (AvgIpc) is 3.46.